The second-order valence-electron chi connectivity index (χ2n) is 2.26. The summed E-state index contributed by atoms with van der Waals surface area (Å²) >= 11 is 0. The van der Waals surface area contributed by atoms with Crippen LogP contribution in [0.1, 0.15) is 20.8 Å². The van der Waals surface area contributed by atoms with Crippen molar-refractivity contribution in [3.05, 3.63) is 12.2 Å². The third-order valence-corrected chi connectivity index (χ3v) is 1.07. The Morgan fingerprint density at radius 1 is 1.38 bits per heavy atom. The average molecular weight is 114 g/mol. The molecule has 0 saturated carbocycles. The molecule has 1 nitrogen and oxygen atoms in total. The molecule has 0 aliphatic rings. The number of aliphatic hydroxyl groups is 1. The van der Waals surface area contributed by atoms with Crippen LogP contribution in [0.2, 0.25) is 0 Å². The van der Waals surface area contributed by atoms with Gasteiger partial charge in [-0.1, -0.05) is 26.0 Å². The second-order valence-corrected chi connectivity index (χ2v) is 2.26. The van der Waals surface area contributed by atoms with Gasteiger partial charge in [0.2, 0.25) is 0 Å². The van der Waals surface area contributed by atoms with Crippen LogP contribution in [0.4, 0.5) is 0 Å². The Balaban J connectivity index is 3.47. The maximum atomic E-state index is 9.04. The molecule has 0 heterocycles. The standard InChI is InChI=1S/C7H14O/c1-4-5-7(8)6(2)3/h4-8H,1-3H3/t7-/m1/s1. The van der Waals surface area contributed by atoms with Crippen LogP contribution in [0.5, 0.6) is 0 Å². The molecule has 8 heavy (non-hydrogen) atoms. The van der Waals surface area contributed by atoms with Gasteiger partial charge in [0.25, 0.3) is 0 Å². The van der Waals surface area contributed by atoms with Crippen LogP contribution in [0.15, 0.2) is 12.2 Å². The van der Waals surface area contributed by atoms with Crippen molar-refractivity contribution in [2.24, 2.45) is 5.92 Å². The molecule has 0 aliphatic carbocycles. The van der Waals surface area contributed by atoms with E-state index in [9.17, 15) is 0 Å². The molecule has 0 aromatic rings. The van der Waals surface area contributed by atoms with Gasteiger partial charge in [-0.15, -0.1) is 0 Å². The van der Waals surface area contributed by atoms with E-state index in [0.29, 0.717) is 5.92 Å². The van der Waals surface area contributed by atoms with Gasteiger partial charge in [-0.2, -0.15) is 0 Å². The van der Waals surface area contributed by atoms with Crippen molar-refractivity contribution in [3.8, 4) is 0 Å². The number of allylic oxidation sites excluding steroid dienone is 1. The van der Waals surface area contributed by atoms with E-state index in [1.165, 1.54) is 0 Å². The van der Waals surface area contributed by atoms with Gasteiger partial charge in [0.05, 0.1) is 6.10 Å². The highest BCUT2D eigenvalue weighted by Gasteiger charge is 2.01. The van der Waals surface area contributed by atoms with Gasteiger partial charge in [0, 0.05) is 0 Å². The Bertz CT molecular complexity index is 74.5. The molecule has 0 aromatic carbocycles. The molecule has 0 rings (SSSR count). The van der Waals surface area contributed by atoms with Crippen molar-refractivity contribution < 1.29 is 5.11 Å². The van der Waals surface area contributed by atoms with Gasteiger partial charge < -0.3 is 5.11 Å². The summed E-state index contributed by atoms with van der Waals surface area (Å²) in [5.41, 5.74) is 0. The van der Waals surface area contributed by atoms with Crippen LogP contribution in [0.25, 0.3) is 0 Å². The molecular weight excluding hydrogens is 100 g/mol. The van der Waals surface area contributed by atoms with Crippen LogP contribution < -0.4 is 0 Å². The average Bonchev–Trinajstić information content (AvgIpc) is 1.67. The van der Waals surface area contributed by atoms with Crippen LogP contribution in [-0.4, -0.2) is 11.2 Å². The van der Waals surface area contributed by atoms with Crippen LogP contribution in [-0.2, 0) is 0 Å². The topological polar surface area (TPSA) is 20.2 Å². The Morgan fingerprint density at radius 3 is 2.00 bits per heavy atom. The summed E-state index contributed by atoms with van der Waals surface area (Å²) in [7, 11) is 0. The highest BCUT2D eigenvalue weighted by Crippen LogP contribution is 2.00. The first-order valence-corrected chi connectivity index (χ1v) is 2.99. The number of rotatable bonds is 2. The maximum Gasteiger partial charge on any atom is 0.0743 e. The molecule has 0 amide bonds. The van der Waals surface area contributed by atoms with Gasteiger partial charge in [0.1, 0.15) is 0 Å². The van der Waals surface area contributed by atoms with Crippen molar-refractivity contribution in [2.45, 2.75) is 26.9 Å². The van der Waals surface area contributed by atoms with Gasteiger partial charge >= 0.3 is 0 Å². The van der Waals surface area contributed by atoms with E-state index in [4.69, 9.17) is 5.11 Å². The van der Waals surface area contributed by atoms with Gasteiger partial charge in [-0.05, 0) is 12.8 Å². The van der Waals surface area contributed by atoms with E-state index < -0.39 is 0 Å². The SMILES string of the molecule is CC=C[C@@H](O)C(C)C. The number of hydrogen-bond donors (Lipinski definition) is 1. The first-order valence-electron chi connectivity index (χ1n) is 2.99. The zero-order valence-corrected chi connectivity index (χ0v) is 5.76. The minimum absolute atomic E-state index is 0.264. The summed E-state index contributed by atoms with van der Waals surface area (Å²) in [5, 5.41) is 9.04. The largest absolute Gasteiger partial charge is 0.389 e. The predicted molar refractivity (Wildman–Crippen MR) is 35.7 cm³/mol. The third kappa shape index (κ3) is 2.80. The molecule has 0 unspecified atom stereocenters. The molecule has 0 aliphatic heterocycles. The van der Waals surface area contributed by atoms with Crippen molar-refractivity contribution in [1.82, 2.24) is 0 Å². The van der Waals surface area contributed by atoms with Crippen molar-refractivity contribution in [2.75, 3.05) is 0 Å². The van der Waals surface area contributed by atoms with Gasteiger partial charge in [0.15, 0.2) is 0 Å². The fourth-order valence-electron chi connectivity index (χ4n) is 0.419. The monoisotopic (exact) mass is 114 g/mol. The lowest BCUT2D eigenvalue weighted by atomic mass is 10.1. The summed E-state index contributed by atoms with van der Waals surface area (Å²) in [4.78, 5) is 0. The molecule has 48 valence electrons. The molecule has 0 saturated heterocycles. The summed E-state index contributed by atoms with van der Waals surface area (Å²) in [6.45, 7) is 5.89. The molecule has 0 bridgehead atoms. The summed E-state index contributed by atoms with van der Waals surface area (Å²) in [6, 6.07) is 0. The molecule has 1 N–H and O–H groups in total. The lowest BCUT2D eigenvalue weighted by Gasteiger charge is -2.07. The Hall–Kier alpha value is -0.300. The molecule has 0 spiro atoms. The van der Waals surface area contributed by atoms with Crippen LogP contribution in [0.3, 0.4) is 0 Å². The zero-order valence-electron chi connectivity index (χ0n) is 5.76. The summed E-state index contributed by atoms with van der Waals surface area (Å²) in [5.74, 6) is 0.339. The smallest absolute Gasteiger partial charge is 0.0743 e. The lowest BCUT2D eigenvalue weighted by Crippen LogP contribution is -2.10. The minimum atomic E-state index is -0.264. The third-order valence-electron chi connectivity index (χ3n) is 1.07. The maximum absolute atomic E-state index is 9.04. The van der Waals surface area contributed by atoms with Crippen molar-refractivity contribution in [1.29, 1.82) is 0 Å². The van der Waals surface area contributed by atoms with Crippen molar-refractivity contribution in [3.63, 3.8) is 0 Å². The normalized spacial score (nSPS) is 15.6. The Morgan fingerprint density at radius 2 is 1.88 bits per heavy atom. The molecule has 1 atom stereocenters. The molecule has 1 heteroatoms. The zero-order chi connectivity index (χ0) is 6.57. The van der Waals surface area contributed by atoms with Crippen LogP contribution >= 0.6 is 0 Å². The van der Waals surface area contributed by atoms with E-state index in [1.54, 1.807) is 6.08 Å². The van der Waals surface area contributed by atoms with E-state index in [2.05, 4.69) is 0 Å². The van der Waals surface area contributed by atoms with Crippen molar-refractivity contribution >= 4 is 0 Å². The summed E-state index contributed by atoms with van der Waals surface area (Å²) < 4.78 is 0. The second kappa shape index (κ2) is 3.67. The molecule has 0 fully saturated rings. The van der Waals surface area contributed by atoms with E-state index in [-0.39, 0.29) is 6.10 Å². The Labute approximate surface area is 51.0 Å². The fraction of sp³-hybridized carbons (Fsp3) is 0.714. The first kappa shape index (κ1) is 7.70. The fourth-order valence-corrected chi connectivity index (χ4v) is 0.419. The summed E-state index contributed by atoms with van der Waals surface area (Å²) in [6.07, 6.45) is 3.40. The van der Waals surface area contributed by atoms with Crippen LogP contribution in [0, 0.1) is 5.92 Å². The first-order chi connectivity index (χ1) is 3.68. The van der Waals surface area contributed by atoms with Gasteiger partial charge in [-0.25, -0.2) is 0 Å². The Kier molecular flexibility index (Phi) is 3.53. The molecule has 0 aromatic heterocycles. The highest BCUT2D eigenvalue weighted by atomic mass is 16.3. The lowest BCUT2D eigenvalue weighted by molar-refractivity contribution is 0.172. The van der Waals surface area contributed by atoms with E-state index in [0.717, 1.165) is 0 Å². The number of hydrogen-bond acceptors (Lipinski definition) is 1. The van der Waals surface area contributed by atoms with E-state index in [1.807, 2.05) is 26.8 Å². The number of aliphatic hydroxyl groups excluding tert-OH is 1. The van der Waals surface area contributed by atoms with Gasteiger partial charge in [-0.3, -0.25) is 0 Å². The quantitative estimate of drug-likeness (QED) is 0.540. The van der Waals surface area contributed by atoms with E-state index >= 15 is 0 Å². The molecule has 0 radical (unpaired) electrons. The predicted octanol–water partition coefficient (Wildman–Crippen LogP) is 1.58. The highest BCUT2D eigenvalue weighted by molar-refractivity contribution is 4.86. The minimum Gasteiger partial charge on any atom is -0.389 e. The molecular formula is C7H14O.